The van der Waals surface area contributed by atoms with Crippen LogP contribution < -0.4 is 33.2 Å². The largest absolute Gasteiger partial charge is 0.481 e. The normalized spacial score (nSPS) is 12.9. The Hall–Kier alpha value is -4.20. The number of carbonyl (C=O) groups excluding carboxylic acids is 3. The van der Waals surface area contributed by atoms with Crippen molar-refractivity contribution in [1.82, 2.24) is 16.0 Å². The molecule has 0 aliphatic heterocycles. The van der Waals surface area contributed by atoms with Gasteiger partial charge in [0.05, 0.1) is 13.0 Å². The Labute approximate surface area is 201 Å². The van der Waals surface area contributed by atoms with Crippen LogP contribution in [0.15, 0.2) is 35.3 Å². The Kier molecular flexibility index (Phi) is 12.2. The second kappa shape index (κ2) is 14.8. The van der Waals surface area contributed by atoms with Gasteiger partial charge in [0.15, 0.2) is 5.96 Å². The van der Waals surface area contributed by atoms with Gasteiger partial charge in [-0.05, 0) is 18.4 Å². The number of aliphatic imine (C=N–C) groups is 1. The van der Waals surface area contributed by atoms with Crippen LogP contribution in [-0.4, -0.2) is 77.0 Å². The fraction of sp³-hybridized carbons (Fsp3) is 0.429. The van der Waals surface area contributed by atoms with Crippen LogP contribution >= 0.6 is 0 Å². The molecular formula is C21H31N7O7. The minimum atomic E-state index is -1.71. The summed E-state index contributed by atoms with van der Waals surface area (Å²) in [5.74, 6) is -5.39. The summed E-state index contributed by atoms with van der Waals surface area (Å²) in [5, 5.41) is 25.2. The first-order valence-electron chi connectivity index (χ1n) is 10.7. The van der Waals surface area contributed by atoms with E-state index in [1.54, 1.807) is 30.3 Å². The van der Waals surface area contributed by atoms with Crippen molar-refractivity contribution >= 4 is 35.6 Å². The Bertz CT molecular complexity index is 920. The average molecular weight is 494 g/mol. The lowest BCUT2D eigenvalue weighted by Crippen LogP contribution is -2.56. The van der Waals surface area contributed by atoms with Crippen molar-refractivity contribution in [3.05, 3.63) is 35.9 Å². The Morgan fingerprint density at radius 2 is 1.49 bits per heavy atom. The molecule has 0 radical (unpaired) electrons. The third-order valence-corrected chi connectivity index (χ3v) is 4.69. The number of rotatable bonds is 15. The van der Waals surface area contributed by atoms with Gasteiger partial charge < -0.3 is 43.4 Å². The molecule has 3 amide bonds. The van der Waals surface area contributed by atoms with Crippen molar-refractivity contribution in [2.45, 2.75) is 43.8 Å². The van der Waals surface area contributed by atoms with Crippen LogP contribution in [0.1, 0.15) is 24.8 Å². The van der Waals surface area contributed by atoms with E-state index >= 15 is 0 Å². The molecule has 0 aliphatic rings. The molecule has 0 heterocycles. The van der Waals surface area contributed by atoms with E-state index in [1.807, 2.05) is 0 Å². The lowest BCUT2D eigenvalue weighted by atomic mass is 10.0. The molecule has 35 heavy (non-hydrogen) atoms. The van der Waals surface area contributed by atoms with Crippen molar-refractivity contribution < 1.29 is 34.2 Å². The van der Waals surface area contributed by atoms with E-state index in [-0.39, 0.29) is 38.3 Å². The first-order valence-corrected chi connectivity index (χ1v) is 10.7. The van der Waals surface area contributed by atoms with Gasteiger partial charge in [0.1, 0.15) is 18.1 Å². The molecule has 0 aliphatic carbocycles. The van der Waals surface area contributed by atoms with Gasteiger partial charge in [0.2, 0.25) is 17.7 Å². The zero-order valence-corrected chi connectivity index (χ0v) is 19.0. The fourth-order valence-corrected chi connectivity index (χ4v) is 3.00. The van der Waals surface area contributed by atoms with Crippen molar-refractivity contribution in [1.29, 1.82) is 0 Å². The summed E-state index contributed by atoms with van der Waals surface area (Å²) in [5.41, 5.74) is 16.6. The van der Waals surface area contributed by atoms with E-state index in [0.29, 0.717) is 0 Å². The number of nitrogens with one attached hydrogen (secondary N) is 3. The molecule has 0 aromatic heterocycles. The highest BCUT2D eigenvalue weighted by atomic mass is 16.4. The quantitative estimate of drug-likeness (QED) is 0.0710. The smallest absolute Gasteiger partial charge is 0.326 e. The van der Waals surface area contributed by atoms with Crippen LogP contribution in [0.5, 0.6) is 0 Å². The number of aliphatic carboxylic acids is 2. The van der Waals surface area contributed by atoms with Crippen LogP contribution in [-0.2, 0) is 30.4 Å². The summed E-state index contributed by atoms with van der Waals surface area (Å²) in [7, 11) is 0. The lowest BCUT2D eigenvalue weighted by molar-refractivity contribution is -0.147. The number of carboxylic acid groups (broad SMARTS) is 2. The highest BCUT2D eigenvalue weighted by Crippen LogP contribution is 2.06. The van der Waals surface area contributed by atoms with Crippen LogP contribution in [0.3, 0.4) is 0 Å². The van der Waals surface area contributed by atoms with Gasteiger partial charge in [-0.1, -0.05) is 30.3 Å². The molecule has 0 bridgehead atoms. The highest BCUT2D eigenvalue weighted by Gasteiger charge is 2.30. The van der Waals surface area contributed by atoms with Gasteiger partial charge in [-0.3, -0.25) is 24.2 Å². The van der Waals surface area contributed by atoms with Crippen molar-refractivity contribution in [2.75, 3.05) is 13.1 Å². The maximum Gasteiger partial charge on any atom is 0.326 e. The second-order valence-corrected chi connectivity index (χ2v) is 7.52. The second-order valence-electron chi connectivity index (χ2n) is 7.52. The van der Waals surface area contributed by atoms with E-state index in [0.717, 1.165) is 5.56 Å². The van der Waals surface area contributed by atoms with Gasteiger partial charge in [0, 0.05) is 13.0 Å². The summed E-state index contributed by atoms with van der Waals surface area (Å²) in [6.07, 6.45) is -0.543. The van der Waals surface area contributed by atoms with Gasteiger partial charge in [0.25, 0.3) is 0 Å². The number of benzene rings is 1. The maximum atomic E-state index is 13.0. The molecule has 1 rings (SSSR count). The summed E-state index contributed by atoms with van der Waals surface area (Å²) in [6.45, 7) is -0.243. The first-order chi connectivity index (χ1) is 16.5. The molecule has 11 N–H and O–H groups in total. The standard InChI is InChI=1S/C21H31N7O7/c22-11-16(29)26-14(9-12-5-2-1-3-6-12)19(33)27-13(7-4-8-25-21(23)24)18(32)28-15(20(34)35)10-17(30)31/h1-3,5-6,13-15H,4,7-11,22H2,(H,26,29)(H,27,33)(H,28,32)(H,30,31)(H,34,35)(H4,23,24,25). The maximum absolute atomic E-state index is 13.0. The molecule has 1 aromatic carbocycles. The number of hydrogen-bond donors (Lipinski definition) is 8. The molecule has 0 saturated heterocycles. The van der Waals surface area contributed by atoms with Crippen LogP contribution in [0.4, 0.5) is 0 Å². The summed E-state index contributed by atoms with van der Waals surface area (Å²) >= 11 is 0. The lowest BCUT2D eigenvalue weighted by Gasteiger charge is -2.24. The summed E-state index contributed by atoms with van der Waals surface area (Å²) < 4.78 is 0. The average Bonchev–Trinajstić information content (AvgIpc) is 2.79. The van der Waals surface area contributed by atoms with E-state index < -0.39 is 54.2 Å². The minimum absolute atomic E-state index is 0.00332. The van der Waals surface area contributed by atoms with Crippen LogP contribution in [0.2, 0.25) is 0 Å². The summed E-state index contributed by atoms with van der Waals surface area (Å²) in [4.78, 5) is 63.8. The molecule has 14 nitrogen and oxygen atoms in total. The molecule has 0 fully saturated rings. The molecule has 1 aromatic rings. The zero-order chi connectivity index (χ0) is 26.4. The first kappa shape index (κ1) is 28.8. The van der Waals surface area contributed by atoms with Gasteiger partial charge in [-0.15, -0.1) is 0 Å². The number of carboxylic acids is 2. The number of nitrogens with zero attached hydrogens (tertiary/aromatic N) is 1. The monoisotopic (exact) mass is 493 g/mol. The van der Waals surface area contributed by atoms with Gasteiger partial charge >= 0.3 is 11.9 Å². The van der Waals surface area contributed by atoms with E-state index in [4.69, 9.17) is 22.3 Å². The molecule has 192 valence electrons. The van der Waals surface area contributed by atoms with Crippen molar-refractivity contribution in [3.8, 4) is 0 Å². The molecule has 14 heteroatoms. The third-order valence-electron chi connectivity index (χ3n) is 4.69. The predicted molar refractivity (Wildman–Crippen MR) is 125 cm³/mol. The van der Waals surface area contributed by atoms with Crippen molar-refractivity contribution in [3.63, 3.8) is 0 Å². The number of guanidine groups is 1. The zero-order valence-electron chi connectivity index (χ0n) is 19.0. The van der Waals surface area contributed by atoms with Crippen LogP contribution in [0, 0.1) is 0 Å². The number of hydrogen-bond acceptors (Lipinski definition) is 7. The predicted octanol–water partition coefficient (Wildman–Crippen LogP) is -2.74. The Morgan fingerprint density at radius 3 is 2.03 bits per heavy atom. The molecular weight excluding hydrogens is 462 g/mol. The van der Waals surface area contributed by atoms with Crippen LogP contribution in [0.25, 0.3) is 0 Å². The summed E-state index contributed by atoms with van der Waals surface area (Å²) in [6, 6.07) is 4.72. The Morgan fingerprint density at radius 1 is 0.886 bits per heavy atom. The number of carbonyl (C=O) groups is 5. The SMILES string of the molecule is NCC(=O)NC(Cc1ccccc1)C(=O)NC(CCCN=C(N)N)C(=O)NC(CC(=O)O)C(=O)O. The third kappa shape index (κ3) is 11.5. The van der Waals surface area contributed by atoms with E-state index in [2.05, 4.69) is 20.9 Å². The highest BCUT2D eigenvalue weighted by molar-refractivity contribution is 5.94. The van der Waals surface area contributed by atoms with E-state index in [1.165, 1.54) is 0 Å². The Balaban J connectivity index is 3.06. The molecule has 0 spiro atoms. The number of amides is 3. The minimum Gasteiger partial charge on any atom is -0.481 e. The molecule has 3 unspecified atom stereocenters. The number of nitrogens with two attached hydrogens (primary N) is 3. The topological polar surface area (TPSA) is 252 Å². The van der Waals surface area contributed by atoms with E-state index in [9.17, 15) is 29.1 Å². The molecule has 3 atom stereocenters. The van der Waals surface area contributed by atoms with Gasteiger partial charge in [-0.2, -0.15) is 0 Å². The molecule has 0 saturated carbocycles. The van der Waals surface area contributed by atoms with Crippen molar-refractivity contribution in [2.24, 2.45) is 22.2 Å². The van der Waals surface area contributed by atoms with Gasteiger partial charge in [-0.25, -0.2) is 4.79 Å². The fourth-order valence-electron chi connectivity index (χ4n) is 3.00.